The Kier molecular flexibility index (Phi) is 13.8. The van der Waals surface area contributed by atoms with E-state index < -0.39 is 0 Å². The average Bonchev–Trinajstić information content (AvgIpc) is 3.97. The quantitative estimate of drug-likeness (QED) is 0.128. The van der Waals surface area contributed by atoms with E-state index in [0.717, 1.165) is 50.3 Å². The third kappa shape index (κ3) is 10.0. The number of pyridine rings is 1. The van der Waals surface area contributed by atoms with Crippen molar-refractivity contribution in [3.8, 4) is 28.4 Å². The number of hydrogen-bond donors (Lipinski definition) is 0. The third-order valence-electron chi connectivity index (χ3n) is 14.9. The molecule has 0 N–H and O–H groups in total. The number of anilines is 2. The van der Waals surface area contributed by atoms with Crippen LogP contribution >= 0.6 is 0 Å². The number of hydrogen-bond acceptors (Lipinski definition) is 4. The van der Waals surface area contributed by atoms with E-state index >= 15 is 0 Å². The first-order chi connectivity index (χ1) is 34.6. The smallest absolute Gasteiger partial charge is 0.135 e. The largest absolute Gasteiger partial charge is 0.509 e. The number of fused-ring (bicyclic) bond motifs is 3. The molecular weight excluding hydrogens is 1080 g/mol. The van der Waals surface area contributed by atoms with E-state index in [9.17, 15) is 0 Å². The molecule has 1 aliphatic rings. The summed E-state index contributed by atoms with van der Waals surface area (Å²) in [6.07, 6.45) is 4.23. The zero-order chi connectivity index (χ0) is 51.7. The van der Waals surface area contributed by atoms with Gasteiger partial charge in [0.05, 0.1) is 0 Å². The van der Waals surface area contributed by atoms with Gasteiger partial charge in [0, 0.05) is 66.5 Å². The molecule has 0 atom stereocenters. The van der Waals surface area contributed by atoms with E-state index in [1.54, 1.807) is 0 Å². The summed E-state index contributed by atoms with van der Waals surface area (Å²) in [6, 6.07) is 66.5. The van der Waals surface area contributed by atoms with Crippen LogP contribution in [0.5, 0.6) is 11.5 Å². The van der Waals surface area contributed by atoms with E-state index in [0.29, 0.717) is 11.5 Å². The Balaban J connectivity index is 0.00000672. The summed E-state index contributed by atoms with van der Waals surface area (Å²) in [5.74, 6) is 2.08. The van der Waals surface area contributed by atoms with Crippen molar-refractivity contribution in [3.05, 3.63) is 234 Å². The van der Waals surface area contributed by atoms with Gasteiger partial charge in [0.2, 0.25) is 0 Å². The van der Waals surface area contributed by atoms with E-state index in [1.165, 1.54) is 38.9 Å². The Morgan fingerprint density at radius 2 is 1.08 bits per heavy atom. The van der Waals surface area contributed by atoms with E-state index in [2.05, 4.69) is 293 Å². The Hall–Kier alpha value is -6.68. The molecule has 0 unspecified atom stereocenters. The molecule has 0 aliphatic carbocycles. The third-order valence-corrected chi connectivity index (χ3v) is 14.9. The normalized spacial score (nSPS) is 13.6. The van der Waals surface area contributed by atoms with Crippen LogP contribution in [0.15, 0.2) is 182 Å². The maximum Gasteiger partial charge on any atom is 0.135 e. The molecule has 0 saturated heterocycles. The van der Waals surface area contributed by atoms with Crippen molar-refractivity contribution in [1.29, 1.82) is 0 Å². The topological polar surface area (TPSA) is 33.5 Å². The van der Waals surface area contributed by atoms with Gasteiger partial charge in [-0.05, 0) is 91.5 Å². The number of nitrogens with zero attached hydrogens (tertiary/aromatic N) is 4. The number of aromatic nitrogens is 2. The summed E-state index contributed by atoms with van der Waals surface area (Å²) >= 11 is 0. The molecule has 10 rings (SSSR count). The van der Waals surface area contributed by atoms with Crippen LogP contribution < -0.4 is 14.5 Å². The fourth-order valence-electron chi connectivity index (χ4n) is 10.3. The summed E-state index contributed by atoms with van der Waals surface area (Å²) in [5.41, 5.74) is 13.6. The van der Waals surface area contributed by atoms with Crippen molar-refractivity contribution in [2.75, 3.05) is 9.80 Å². The minimum atomic E-state index is -0.379. The summed E-state index contributed by atoms with van der Waals surface area (Å²) in [4.78, 5) is 9.69. The molecule has 7 aromatic carbocycles. The zero-order valence-electron chi connectivity index (χ0n) is 45.3. The molecule has 0 radical (unpaired) electrons. The van der Waals surface area contributed by atoms with Crippen LogP contribution in [0.4, 0.5) is 11.4 Å². The van der Waals surface area contributed by atoms with Crippen molar-refractivity contribution in [1.82, 2.24) is 9.55 Å². The zero-order valence-corrected chi connectivity index (χ0v) is 47.6. The standard InChI is InChI=1S/C68H69N4O.Pt/c1-64(2,3)51-35-47(46-25-17-14-18-26-46)36-54(38-51)71-45-70(44-61(71)68(12,13)49-29-21-16-22-30-49)53-37-52(65(4,5)6)39-55(41-53)73-56-42-58(66(7,8)9)63-57-31-23-24-32-59(57)72(60(63)43-56)62-40-50(33-34-69-62)67(10,11)48-27-19-15-20-28-48;/h14-40,42,44-45H,1-13H3;/q-3;. The predicted molar refractivity (Wildman–Crippen MR) is 306 cm³/mol. The van der Waals surface area contributed by atoms with Gasteiger partial charge in [-0.25, -0.2) is 4.98 Å². The first-order valence-electron chi connectivity index (χ1n) is 25.8. The van der Waals surface area contributed by atoms with Crippen molar-refractivity contribution < 1.29 is 25.8 Å². The molecule has 0 fully saturated rings. The molecule has 6 heteroatoms. The molecule has 1 aliphatic heterocycles. The van der Waals surface area contributed by atoms with E-state index in [-0.39, 0.29) is 48.1 Å². The summed E-state index contributed by atoms with van der Waals surface area (Å²) < 4.78 is 9.42. The summed E-state index contributed by atoms with van der Waals surface area (Å²) in [5, 5.41) is 2.30. The second kappa shape index (κ2) is 19.5. The van der Waals surface area contributed by atoms with Crippen LogP contribution in [0, 0.1) is 18.8 Å². The Labute approximate surface area is 455 Å². The Morgan fingerprint density at radius 1 is 0.500 bits per heavy atom. The summed E-state index contributed by atoms with van der Waals surface area (Å²) in [6.45, 7) is 31.9. The minimum Gasteiger partial charge on any atom is -0.509 e. The maximum absolute atomic E-state index is 7.15. The predicted octanol–water partition coefficient (Wildman–Crippen LogP) is 17.7. The van der Waals surface area contributed by atoms with Gasteiger partial charge in [-0.2, -0.15) is 0 Å². The molecule has 0 saturated carbocycles. The number of ether oxygens (including phenoxy) is 1. The van der Waals surface area contributed by atoms with Crippen LogP contribution in [0.25, 0.3) is 38.8 Å². The SMILES string of the molecule is CC(C)(C)c1cc(Oc2[c-]c3c(c(C(C)(C)C)c2)c2ccccc2n3-c2cc(C(C)(C)c3ccccc3)ccn2)[c-]c(N2C=C(C(C)(C)c3ccccc3)N(c3cc(-c4ccccc4)cc(C(C)(C)C)c3)[CH-]2)c1.[Pt]. The Morgan fingerprint density at radius 3 is 1.72 bits per heavy atom. The van der Waals surface area contributed by atoms with Crippen molar-refractivity contribution in [3.63, 3.8) is 0 Å². The molecule has 74 heavy (non-hydrogen) atoms. The molecule has 0 amide bonds. The van der Waals surface area contributed by atoms with Crippen molar-refractivity contribution >= 4 is 33.2 Å². The number of benzene rings is 7. The fraction of sp³-hybridized carbons (Fsp3) is 0.265. The monoisotopic (exact) mass is 1150 g/mol. The fourth-order valence-corrected chi connectivity index (χ4v) is 10.3. The van der Waals surface area contributed by atoms with Gasteiger partial charge < -0.3 is 19.1 Å². The van der Waals surface area contributed by atoms with Crippen molar-refractivity contribution in [2.24, 2.45) is 0 Å². The number of rotatable bonds is 10. The van der Waals surface area contributed by atoms with Gasteiger partial charge in [0.1, 0.15) is 5.82 Å². The Bertz CT molecular complexity index is 3510. The molecule has 380 valence electrons. The van der Waals surface area contributed by atoms with E-state index in [1.807, 2.05) is 6.20 Å². The second-order valence-corrected chi connectivity index (χ2v) is 24.0. The first-order valence-corrected chi connectivity index (χ1v) is 25.8. The second-order valence-electron chi connectivity index (χ2n) is 24.0. The molecule has 2 aromatic heterocycles. The molecule has 9 aromatic rings. The van der Waals surface area contributed by atoms with Crippen LogP contribution in [-0.2, 0) is 48.1 Å². The minimum absolute atomic E-state index is 0. The molecule has 5 nitrogen and oxygen atoms in total. The maximum atomic E-state index is 7.15. The number of para-hydroxylation sites is 1. The molecular formula is C68H69N4OPt-3. The first kappa shape index (κ1) is 52.2. The van der Waals surface area contributed by atoms with Gasteiger partial charge in [-0.15, -0.1) is 53.8 Å². The molecule has 3 heterocycles. The van der Waals surface area contributed by atoms with Crippen LogP contribution in [0.1, 0.15) is 123 Å². The number of allylic oxidation sites excluding steroid dienone is 1. The van der Waals surface area contributed by atoms with Crippen LogP contribution in [0.2, 0.25) is 0 Å². The van der Waals surface area contributed by atoms with Crippen LogP contribution in [0.3, 0.4) is 0 Å². The molecule has 0 bridgehead atoms. The van der Waals surface area contributed by atoms with Gasteiger partial charge in [0.15, 0.2) is 0 Å². The van der Waals surface area contributed by atoms with Crippen molar-refractivity contribution in [2.45, 2.75) is 117 Å². The van der Waals surface area contributed by atoms with Crippen LogP contribution in [-0.4, -0.2) is 9.55 Å². The van der Waals surface area contributed by atoms with Gasteiger partial charge >= 0.3 is 0 Å². The summed E-state index contributed by atoms with van der Waals surface area (Å²) in [7, 11) is 0. The van der Waals surface area contributed by atoms with E-state index in [4.69, 9.17) is 9.72 Å². The van der Waals surface area contributed by atoms with Gasteiger partial charge in [0.25, 0.3) is 0 Å². The molecule has 0 spiro atoms. The average molecular weight is 1150 g/mol. The van der Waals surface area contributed by atoms with Gasteiger partial charge in [-0.1, -0.05) is 216 Å². The van der Waals surface area contributed by atoms with Gasteiger partial charge in [-0.3, -0.25) is 0 Å².